The van der Waals surface area contributed by atoms with Crippen LogP contribution in [0.3, 0.4) is 0 Å². The second kappa shape index (κ2) is 4.11. The fourth-order valence-corrected chi connectivity index (χ4v) is 8.37. The standard InChI is InChI=1S/C20H32O2/c1-18-7-6-16-14(15(18)3-4-17(18)22)9-12-10-20(12)11-13(21)5-8-19(16,20)2/h12-17,21-22H,3-11H2,1-2H3/t12-,13-,14?,15?,16?,17-,18?,19+,20-/m0/s1. The number of hydrogen-bond acceptors (Lipinski definition) is 2. The maximum atomic E-state index is 10.5. The van der Waals surface area contributed by atoms with Gasteiger partial charge in [-0.3, -0.25) is 0 Å². The molecule has 0 radical (unpaired) electrons. The first-order valence-electron chi connectivity index (χ1n) is 9.77. The van der Waals surface area contributed by atoms with E-state index in [0.717, 1.165) is 42.9 Å². The Labute approximate surface area is 134 Å². The first-order chi connectivity index (χ1) is 10.4. The Morgan fingerprint density at radius 2 is 1.68 bits per heavy atom. The van der Waals surface area contributed by atoms with Gasteiger partial charge in [-0.15, -0.1) is 0 Å². The van der Waals surface area contributed by atoms with Gasteiger partial charge in [0.1, 0.15) is 0 Å². The van der Waals surface area contributed by atoms with E-state index in [1.165, 1.54) is 38.5 Å². The molecule has 124 valence electrons. The van der Waals surface area contributed by atoms with Gasteiger partial charge in [-0.25, -0.2) is 0 Å². The van der Waals surface area contributed by atoms with E-state index in [1.54, 1.807) is 0 Å². The predicted molar refractivity (Wildman–Crippen MR) is 86.2 cm³/mol. The van der Waals surface area contributed by atoms with Gasteiger partial charge >= 0.3 is 0 Å². The van der Waals surface area contributed by atoms with Crippen LogP contribution in [-0.2, 0) is 0 Å². The summed E-state index contributed by atoms with van der Waals surface area (Å²) in [5.74, 6) is 3.37. The molecule has 9 atom stereocenters. The zero-order valence-electron chi connectivity index (χ0n) is 14.2. The maximum absolute atomic E-state index is 10.5. The number of rotatable bonds is 0. The van der Waals surface area contributed by atoms with E-state index in [4.69, 9.17) is 0 Å². The quantitative estimate of drug-likeness (QED) is 0.715. The van der Waals surface area contributed by atoms with Gasteiger partial charge < -0.3 is 10.2 Å². The van der Waals surface area contributed by atoms with E-state index in [0.29, 0.717) is 10.8 Å². The smallest absolute Gasteiger partial charge is 0.0596 e. The Morgan fingerprint density at radius 3 is 2.50 bits per heavy atom. The molecule has 1 spiro atoms. The predicted octanol–water partition coefficient (Wildman–Crippen LogP) is 3.75. The first-order valence-corrected chi connectivity index (χ1v) is 9.77. The summed E-state index contributed by atoms with van der Waals surface area (Å²) in [5, 5.41) is 20.8. The van der Waals surface area contributed by atoms with Crippen LogP contribution in [0.5, 0.6) is 0 Å². The normalized spacial score (nSPS) is 66.0. The molecule has 0 saturated heterocycles. The van der Waals surface area contributed by atoms with Crippen molar-refractivity contribution in [2.24, 2.45) is 39.9 Å². The van der Waals surface area contributed by atoms with Gasteiger partial charge in [-0.05, 0) is 97.7 Å². The Bertz CT molecular complexity index is 504. The Hall–Kier alpha value is -0.0800. The molecule has 0 heterocycles. The zero-order valence-corrected chi connectivity index (χ0v) is 14.2. The lowest BCUT2D eigenvalue weighted by molar-refractivity contribution is -0.141. The fraction of sp³-hybridized carbons (Fsp3) is 1.00. The van der Waals surface area contributed by atoms with Crippen molar-refractivity contribution in [3.63, 3.8) is 0 Å². The van der Waals surface area contributed by atoms with E-state index >= 15 is 0 Å². The molecule has 5 aliphatic carbocycles. The first kappa shape index (κ1) is 14.3. The van der Waals surface area contributed by atoms with Crippen LogP contribution < -0.4 is 0 Å². The van der Waals surface area contributed by atoms with Crippen molar-refractivity contribution in [3.8, 4) is 0 Å². The molecule has 0 aliphatic heterocycles. The molecule has 0 aromatic rings. The lowest BCUT2D eigenvalue weighted by Gasteiger charge is -2.61. The Kier molecular flexibility index (Phi) is 2.67. The van der Waals surface area contributed by atoms with Crippen LogP contribution in [0.1, 0.15) is 71.6 Å². The van der Waals surface area contributed by atoms with Crippen molar-refractivity contribution < 1.29 is 10.2 Å². The minimum Gasteiger partial charge on any atom is -0.393 e. The molecule has 0 bridgehead atoms. The Morgan fingerprint density at radius 1 is 0.864 bits per heavy atom. The lowest BCUT2D eigenvalue weighted by Crippen LogP contribution is -2.55. The lowest BCUT2D eigenvalue weighted by atomic mass is 9.44. The highest BCUT2D eigenvalue weighted by molar-refractivity contribution is 5.22. The average Bonchev–Trinajstić information content (AvgIpc) is 3.08. The Balaban J connectivity index is 1.51. The highest BCUT2D eigenvalue weighted by Gasteiger charge is 2.73. The molecule has 5 rings (SSSR count). The topological polar surface area (TPSA) is 40.5 Å². The van der Waals surface area contributed by atoms with E-state index in [2.05, 4.69) is 13.8 Å². The van der Waals surface area contributed by atoms with Crippen LogP contribution >= 0.6 is 0 Å². The molecule has 22 heavy (non-hydrogen) atoms. The van der Waals surface area contributed by atoms with E-state index in [-0.39, 0.29) is 17.6 Å². The molecule has 2 heteroatoms. The van der Waals surface area contributed by atoms with Gasteiger partial charge in [0.25, 0.3) is 0 Å². The van der Waals surface area contributed by atoms with Gasteiger partial charge in [-0.1, -0.05) is 13.8 Å². The summed E-state index contributed by atoms with van der Waals surface area (Å²) in [6.45, 7) is 4.97. The summed E-state index contributed by atoms with van der Waals surface area (Å²) in [4.78, 5) is 0. The van der Waals surface area contributed by atoms with Crippen LogP contribution in [0, 0.1) is 39.9 Å². The van der Waals surface area contributed by atoms with Crippen LogP contribution in [0.2, 0.25) is 0 Å². The second-order valence-electron chi connectivity index (χ2n) is 10.1. The minimum absolute atomic E-state index is 0.0308. The number of aliphatic hydroxyl groups excluding tert-OH is 2. The SMILES string of the molecule is CC12CCC3C(C[C@H]4C[C@]45C[C@@H](O)CC[C@]35C)C1CC[C@@H]2O. The van der Waals surface area contributed by atoms with Crippen LogP contribution in [0.15, 0.2) is 0 Å². The summed E-state index contributed by atoms with van der Waals surface area (Å²) in [6.07, 6.45) is 10.9. The molecule has 5 fully saturated rings. The molecule has 2 N–H and O–H groups in total. The summed E-state index contributed by atoms with van der Waals surface area (Å²) in [7, 11) is 0. The van der Waals surface area contributed by atoms with Crippen molar-refractivity contribution in [2.45, 2.75) is 83.8 Å². The van der Waals surface area contributed by atoms with Gasteiger partial charge in [0, 0.05) is 0 Å². The number of aliphatic hydroxyl groups is 2. The maximum Gasteiger partial charge on any atom is 0.0596 e. The monoisotopic (exact) mass is 304 g/mol. The summed E-state index contributed by atoms with van der Waals surface area (Å²) in [5.41, 5.74) is 1.19. The van der Waals surface area contributed by atoms with Crippen LogP contribution in [0.25, 0.3) is 0 Å². The van der Waals surface area contributed by atoms with E-state index < -0.39 is 0 Å². The third-order valence-corrected chi connectivity index (χ3v) is 9.73. The molecule has 0 aromatic carbocycles. The molecule has 4 unspecified atom stereocenters. The highest BCUT2D eigenvalue weighted by atomic mass is 16.3. The van der Waals surface area contributed by atoms with Crippen molar-refractivity contribution >= 4 is 0 Å². The van der Waals surface area contributed by atoms with E-state index in [9.17, 15) is 10.2 Å². The second-order valence-corrected chi connectivity index (χ2v) is 10.1. The summed E-state index contributed by atoms with van der Waals surface area (Å²) < 4.78 is 0. The van der Waals surface area contributed by atoms with Crippen molar-refractivity contribution in [1.82, 2.24) is 0 Å². The largest absolute Gasteiger partial charge is 0.393 e. The van der Waals surface area contributed by atoms with Crippen molar-refractivity contribution in [1.29, 1.82) is 0 Å². The number of hydrogen-bond donors (Lipinski definition) is 2. The molecule has 5 saturated carbocycles. The van der Waals surface area contributed by atoms with E-state index in [1.807, 2.05) is 0 Å². The molecule has 2 nitrogen and oxygen atoms in total. The molecular formula is C20H32O2. The van der Waals surface area contributed by atoms with Gasteiger partial charge in [0.15, 0.2) is 0 Å². The third-order valence-electron chi connectivity index (χ3n) is 9.73. The van der Waals surface area contributed by atoms with Gasteiger partial charge in [-0.2, -0.15) is 0 Å². The number of fused-ring (bicyclic) bond motifs is 4. The molecule has 0 amide bonds. The van der Waals surface area contributed by atoms with Gasteiger partial charge in [0.2, 0.25) is 0 Å². The average molecular weight is 304 g/mol. The third kappa shape index (κ3) is 1.46. The molecule has 0 aromatic heterocycles. The molecule has 5 aliphatic rings. The van der Waals surface area contributed by atoms with Gasteiger partial charge in [0.05, 0.1) is 12.2 Å². The van der Waals surface area contributed by atoms with Crippen LogP contribution in [-0.4, -0.2) is 22.4 Å². The van der Waals surface area contributed by atoms with Crippen molar-refractivity contribution in [2.75, 3.05) is 0 Å². The minimum atomic E-state index is -0.0506. The molecular weight excluding hydrogens is 272 g/mol. The zero-order chi connectivity index (χ0) is 15.3. The van der Waals surface area contributed by atoms with Crippen molar-refractivity contribution in [3.05, 3.63) is 0 Å². The highest BCUT2D eigenvalue weighted by Crippen LogP contribution is 2.80. The summed E-state index contributed by atoms with van der Waals surface area (Å²) >= 11 is 0. The fourth-order valence-electron chi connectivity index (χ4n) is 8.37. The van der Waals surface area contributed by atoms with Crippen LogP contribution in [0.4, 0.5) is 0 Å². The summed E-state index contributed by atoms with van der Waals surface area (Å²) in [6, 6.07) is 0.